The smallest absolute Gasteiger partial charge is 0.248 e. The van der Waals surface area contributed by atoms with Gasteiger partial charge in [0.1, 0.15) is 6.04 Å². The van der Waals surface area contributed by atoms with Crippen LogP contribution in [0.25, 0.3) is 0 Å². The third kappa shape index (κ3) is 5.13. The standard InChI is InChI=1S/C36H41N3O5/c1-36(2,3)24-10-12-25(13-11-24)39(34(42)28-17-23-20-44-35-30(23)27(28)14-16-43-35)32(22-8-6-15-37-19-22)33(41)38-31-26-9-5-4-7-21(26)18-29(31)40/h4-13,15,19,23,27-32,35,40H,14,16-18,20H2,1-3H3,(H,38,41)/t23?,27-,28?,29+,30+,31-,32?,35+/m1/s1. The molecule has 8 atom stereocenters. The summed E-state index contributed by atoms with van der Waals surface area (Å²) in [6.45, 7) is 7.63. The van der Waals surface area contributed by atoms with Crippen LogP contribution >= 0.6 is 0 Å². The van der Waals surface area contributed by atoms with Crippen molar-refractivity contribution >= 4 is 17.5 Å². The number of carbonyl (C=O) groups is 2. The predicted octanol–water partition coefficient (Wildman–Crippen LogP) is 4.87. The minimum Gasteiger partial charge on any atom is -0.390 e. The van der Waals surface area contributed by atoms with Crippen LogP contribution in [0.15, 0.2) is 73.1 Å². The van der Waals surface area contributed by atoms with Crippen molar-refractivity contribution in [1.82, 2.24) is 10.3 Å². The van der Waals surface area contributed by atoms with Crippen LogP contribution < -0.4 is 10.2 Å². The highest BCUT2D eigenvalue weighted by molar-refractivity contribution is 6.02. The number of rotatable bonds is 6. The first-order valence-electron chi connectivity index (χ1n) is 15.8. The highest BCUT2D eigenvalue weighted by atomic mass is 16.7. The molecule has 2 aliphatic heterocycles. The SMILES string of the molecule is CC(C)(C)c1ccc(N(C(=O)C2CC3CO[C@@H]4OCC[C@H]2[C@H]34)C(C(=O)N[C@@H]2c3ccccc3C[C@@H]2O)c2cccnc2)cc1. The second-order valence-corrected chi connectivity index (χ2v) is 13.9. The average molecular weight is 596 g/mol. The molecule has 7 rings (SSSR count). The number of fused-ring (bicyclic) bond motifs is 1. The molecular formula is C36H41N3O5. The number of carbonyl (C=O) groups excluding carboxylic acids is 2. The number of anilines is 1. The van der Waals surface area contributed by atoms with E-state index in [9.17, 15) is 14.7 Å². The molecule has 3 unspecified atom stereocenters. The number of hydrogen-bond donors (Lipinski definition) is 2. The van der Waals surface area contributed by atoms with Gasteiger partial charge in [-0.15, -0.1) is 0 Å². The molecule has 2 aliphatic carbocycles. The lowest BCUT2D eigenvalue weighted by molar-refractivity contribution is -0.170. The molecule has 3 aromatic rings. The van der Waals surface area contributed by atoms with Crippen molar-refractivity contribution in [2.75, 3.05) is 18.1 Å². The Morgan fingerprint density at radius 1 is 1.05 bits per heavy atom. The van der Waals surface area contributed by atoms with Gasteiger partial charge in [0.25, 0.3) is 0 Å². The molecule has 44 heavy (non-hydrogen) atoms. The Labute approximate surface area is 258 Å². The summed E-state index contributed by atoms with van der Waals surface area (Å²) in [5.74, 6) is -0.0827. The number of pyridine rings is 1. The minimum atomic E-state index is -0.982. The van der Waals surface area contributed by atoms with E-state index in [-0.39, 0.29) is 47.2 Å². The van der Waals surface area contributed by atoms with Crippen molar-refractivity contribution in [3.63, 3.8) is 0 Å². The lowest BCUT2D eigenvalue weighted by atomic mass is 9.82. The summed E-state index contributed by atoms with van der Waals surface area (Å²) in [7, 11) is 0. The van der Waals surface area contributed by atoms with E-state index in [2.05, 4.69) is 31.1 Å². The summed E-state index contributed by atoms with van der Waals surface area (Å²) in [4.78, 5) is 35.6. The Bertz CT molecular complexity index is 1520. The zero-order valence-corrected chi connectivity index (χ0v) is 25.6. The quantitative estimate of drug-likeness (QED) is 0.422. The molecule has 3 fully saturated rings. The maximum absolute atomic E-state index is 15.0. The van der Waals surface area contributed by atoms with Crippen LogP contribution in [0.1, 0.15) is 68.0 Å². The first kappa shape index (κ1) is 29.1. The Morgan fingerprint density at radius 3 is 2.59 bits per heavy atom. The van der Waals surface area contributed by atoms with E-state index in [1.807, 2.05) is 54.6 Å². The molecule has 2 saturated heterocycles. The fraction of sp³-hybridized carbons (Fsp3) is 0.472. The first-order chi connectivity index (χ1) is 21.2. The van der Waals surface area contributed by atoms with E-state index >= 15 is 0 Å². The van der Waals surface area contributed by atoms with Gasteiger partial charge in [-0.05, 0) is 65.0 Å². The van der Waals surface area contributed by atoms with Gasteiger partial charge in [0.05, 0.1) is 25.4 Å². The lowest BCUT2D eigenvalue weighted by Crippen LogP contribution is -2.49. The molecule has 3 heterocycles. The Hall–Kier alpha value is -3.59. The van der Waals surface area contributed by atoms with Gasteiger partial charge in [0.15, 0.2) is 6.29 Å². The highest BCUT2D eigenvalue weighted by Crippen LogP contribution is 2.53. The molecule has 8 nitrogen and oxygen atoms in total. The summed E-state index contributed by atoms with van der Waals surface area (Å²) in [6, 6.07) is 17.9. The maximum Gasteiger partial charge on any atom is 0.248 e. The molecule has 1 saturated carbocycles. The van der Waals surface area contributed by atoms with Crippen LogP contribution in [0, 0.1) is 23.7 Å². The van der Waals surface area contributed by atoms with Gasteiger partial charge in [-0.2, -0.15) is 0 Å². The van der Waals surface area contributed by atoms with Gasteiger partial charge >= 0.3 is 0 Å². The number of aliphatic hydroxyl groups is 1. The molecule has 2 N–H and O–H groups in total. The largest absolute Gasteiger partial charge is 0.390 e. The maximum atomic E-state index is 15.0. The molecule has 8 heteroatoms. The number of ether oxygens (including phenoxy) is 2. The number of benzene rings is 2. The zero-order valence-electron chi connectivity index (χ0n) is 25.6. The lowest BCUT2D eigenvalue weighted by Gasteiger charge is -2.38. The van der Waals surface area contributed by atoms with Crippen molar-refractivity contribution in [2.24, 2.45) is 23.7 Å². The monoisotopic (exact) mass is 595 g/mol. The van der Waals surface area contributed by atoms with Crippen LogP contribution in [-0.4, -0.2) is 47.5 Å². The van der Waals surface area contributed by atoms with Crippen molar-refractivity contribution < 1.29 is 24.2 Å². The average Bonchev–Trinajstić information content (AvgIpc) is 3.71. The van der Waals surface area contributed by atoms with Gasteiger partial charge in [0, 0.05) is 41.9 Å². The first-order valence-corrected chi connectivity index (χ1v) is 15.8. The van der Waals surface area contributed by atoms with Crippen LogP contribution in [0.2, 0.25) is 0 Å². The molecule has 230 valence electrons. The summed E-state index contributed by atoms with van der Waals surface area (Å²) in [5.41, 5.74) is 4.27. The van der Waals surface area contributed by atoms with Crippen LogP contribution in [0.5, 0.6) is 0 Å². The normalized spacial score (nSPS) is 29.5. The van der Waals surface area contributed by atoms with Gasteiger partial charge < -0.3 is 19.9 Å². The van der Waals surface area contributed by atoms with E-state index in [0.717, 1.165) is 23.1 Å². The predicted molar refractivity (Wildman–Crippen MR) is 166 cm³/mol. The minimum absolute atomic E-state index is 0.0649. The molecular weight excluding hydrogens is 554 g/mol. The number of nitrogens with one attached hydrogen (secondary N) is 1. The molecule has 0 radical (unpaired) electrons. The summed E-state index contributed by atoms with van der Waals surface area (Å²) >= 11 is 0. The molecule has 0 spiro atoms. The van der Waals surface area contributed by atoms with Crippen molar-refractivity contribution in [3.05, 3.63) is 95.3 Å². The molecule has 0 bridgehead atoms. The van der Waals surface area contributed by atoms with Crippen molar-refractivity contribution in [1.29, 1.82) is 0 Å². The summed E-state index contributed by atoms with van der Waals surface area (Å²) in [5, 5.41) is 14.2. The number of nitrogens with zero attached hydrogens (tertiary/aromatic N) is 2. The van der Waals surface area contributed by atoms with Crippen molar-refractivity contribution in [2.45, 2.75) is 69.9 Å². The van der Waals surface area contributed by atoms with Crippen LogP contribution in [0.3, 0.4) is 0 Å². The van der Waals surface area contributed by atoms with Crippen LogP contribution in [0.4, 0.5) is 5.69 Å². The fourth-order valence-electron chi connectivity index (χ4n) is 8.01. The topological polar surface area (TPSA) is 101 Å². The number of amides is 2. The van der Waals surface area contributed by atoms with E-state index in [1.165, 1.54) is 0 Å². The third-order valence-corrected chi connectivity index (χ3v) is 10.2. The second kappa shape index (κ2) is 11.4. The molecule has 4 aliphatic rings. The number of aliphatic hydroxyl groups excluding tert-OH is 1. The Morgan fingerprint density at radius 2 is 1.84 bits per heavy atom. The molecule has 2 aromatic carbocycles. The summed E-state index contributed by atoms with van der Waals surface area (Å²) in [6.07, 6.45) is 4.29. The van der Waals surface area contributed by atoms with Gasteiger partial charge in [0.2, 0.25) is 11.8 Å². The van der Waals surface area contributed by atoms with Gasteiger partial charge in [-0.1, -0.05) is 63.2 Å². The molecule has 2 amide bonds. The van der Waals surface area contributed by atoms with Crippen LogP contribution in [-0.2, 0) is 30.9 Å². The Kier molecular flexibility index (Phi) is 7.55. The summed E-state index contributed by atoms with van der Waals surface area (Å²) < 4.78 is 11.9. The fourth-order valence-corrected chi connectivity index (χ4v) is 8.01. The van der Waals surface area contributed by atoms with Gasteiger partial charge in [-0.3, -0.25) is 19.5 Å². The van der Waals surface area contributed by atoms with E-state index in [4.69, 9.17) is 9.47 Å². The van der Waals surface area contributed by atoms with E-state index < -0.39 is 18.2 Å². The number of aromatic nitrogens is 1. The number of hydrogen-bond acceptors (Lipinski definition) is 6. The Balaban J connectivity index is 1.30. The van der Waals surface area contributed by atoms with E-state index in [0.29, 0.717) is 37.3 Å². The molecule has 1 aromatic heterocycles. The van der Waals surface area contributed by atoms with Crippen molar-refractivity contribution in [3.8, 4) is 0 Å². The third-order valence-electron chi connectivity index (χ3n) is 10.2. The second-order valence-electron chi connectivity index (χ2n) is 13.9. The van der Waals surface area contributed by atoms with Gasteiger partial charge in [-0.25, -0.2) is 0 Å². The highest BCUT2D eigenvalue weighted by Gasteiger charge is 2.56. The zero-order chi connectivity index (χ0) is 30.6. The van der Waals surface area contributed by atoms with E-state index in [1.54, 1.807) is 23.4 Å².